The number of nitrogens with zero attached hydrogens (tertiary/aromatic N) is 2. The maximum absolute atomic E-state index is 6.16. The van der Waals surface area contributed by atoms with E-state index in [9.17, 15) is 0 Å². The summed E-state index contributed by atoms with van der Waals surface area (Å²) in [5, 5.41) is 3.67. The Hall–Kier alpha value is -0.650. The summed E-state index contributed by atoms with van der Waals surface area (Å²) < 4.78 is 6.16. The molecule has 3 heterocycles. The molecular formula is C16H25N3OS. The first kappa shape index (κ1) is 15.3. The molecular weight excluding hydrogens is 282 g/mol. The summed E-state index contributed by atoms with van der Waals surface area (Å²) >= 11 is 2.03. The lowest BCUT2D eigenvalue weighted by Gasteiger charge is -2.40. The van der Waals surface area contributed by atoms with Gasteiger partial charge in [0.25, 0.3) is 0 Å². The average Bonchev–Trinajstić information content (AvgIpc) is 2.97. The Morgan fingerprint density at radius 3 is 3.05 bits per heavy atom. The first-order valence-electron chi connectivity index (χ1n) is 8.05. The second-order valence-electron chi connectivity index (χ2n) is 6.13. The second-order valence-corrected chi connectivity index (χ2v) is 7.23. The van der Waals surface area contributed by atoms with Gasteiger partial charge in [0.05, 0.1) is 11.6 Å². The summed E-state index contributed by atoms with van der Waals surface area (Å²) in [6, 6.07) is 2.15. The number of aromatic nitrogens is 2. The first-order valence-corrected chi connectivity index (χ1v) is 9.20. The highest BCUT2D eigenvalue weighted by atomic mass is 32.2. The van der Waals surface area contributed by atoms with E-state index in [4.69, 9.17) is 4.74 Å². The standard InChI is InChI=1S/C16H25N3OS/c1-2-6-17-14(15-18-7-3-8-19-15)13-4-9-20-16(11-13)5-10-21-12-16/h3,7-8,13-14,17H,2,4-6,9-12H2,1H3. The molecule has 0 saturated carbocycles. The predicted molar refractivity (Wildman–Crippen MR) is 86.4 cm³/mol. The molecule has 2 saturated heterocycles. The largest absolute Gasteiger partial charge is 0.374 e. The molecule has 3 unspecified atom stereocenters. The molecule has 0 amide bonds. The molecule has 3 atom stereocenters. The van der Waals surface area contributed by atoms with Crippen LogP contribution in [0.15, 0.2) is 18.5 Å². The van der Waals surface area contributed by atoms with Gasteiger partial charge in [-0.05, 0) is 50.0 Å². The Morgan fingerprint density at radius 2 is 2.33 bits per heavy atom. The third-order valence-corrected chi connectivity index (χ3v) is 5.77. The highest BCUT2D eigenvalue weighted by molar-refractivity contribution is 7.99. The normalized spacial score (nSPS) is 30.6. The number of hydrogen-bond acceptors (Lipinski definition) is 5. The molecule has 5 heteroatoms. The average molecular weight is 307 g/mol. The monoisotopic (exact) mass is 307 g/mol. The second kappa shape index (κ2) is 7.07. The van der Waals surface area contributed by atoms with Gasteiger partial charge in [0.15, 0.2) is 0 Å². The lowest BCUT2D eigenvalue weighted by molar-refractivity contribution is -0.0858. The van der Waals surface area contributed by atoms with E-state index in [1.165, 1.54) is 12.2 Å². The summed E-state index contributed by atoms with van der Waals surface area (Å²) in [6.45, 7) is 4.10. The minimum absolute atomic E-state index is 0.120. The van der Waals surface area contributed by atoms with Gasteiger partial charge in [0, 0.05) is 24.8 Å². The third-order valence-electron chi connectivity index (χ3n) is 4.55. The third kappa shape index (κ3) is 3.58. The van der Waals surface area contributed by atoms with Crippen molar-refractivity contribution in [2.75, 3.05) is 24.7 Å². The van der Waals surface area contributed by atoms with Crippen molar-refractivity contribution in [1.29, 1.82) is 0 Å². The fraction of sp³-hybridized carbons (Fsp3) is 0.750. The quantitative estimate of drug-likeness (QED) is 0.906. The van der Waals surface area contributed by atoms with Gasteiger partial charge in [0.2, 0.25) is 0 Å². The lowest BCUT2D eigenvalue weighted by atomic mass is 9.81. The highest BCUT2D eigenvalue weighted by Crippen LogP contribution is 2.43. The molecule has 4 nitrogen and oxygen atoms in total. The minimum atomic E-state index is 0.120. The Morgan fingerprint density at radius 1 is 1.48 bits per heavy atom. The van der Waals surface area contributed by atoms with Gasteiger partial charge < -0.3 is 10.1 Å². The maximum Gasteiger partial charge on any atom is 0.145 e. The van der Waals surface area contributed by atoms with E-state index in [2.05, 4.69) is 22.2 Å². The Labute approximate surface area is 131 Å². The number of ether oxygens (including phenoxy) is 1. The van der Waals surface area contributed by atoms with Crippen LogP contribution in [0.5, 0.6) is 0 Å². The zero-order chi connectivity index (χ0) is 14.5. The molecule has 116 valence electrons. The van der Waals surface area contributed by atoms with Gasteiger partial charge in [-0.3, -0.25) is 0 Å². The number of rotatable bonds is 5. The van der Waals surface area contributed by atoms with Crippen LogP contribution in [0, 0.1) is 5.92 Å². The SMILES string of the molecule is CCCNC(c1ncccn1)C1CCOC2(CCSC2)C1. The molecule has 2 aliphatic heterocycles. The fourth-order valence-corrected chi connectivity index (χ4v) is 4.83. The molecule has 1 N–H and O–H groups in total. The van der Waals surface area contributed by atoms with Gasteiger partial charge >= 0.3 is 0 Å². The molecule has 0 aromatic carbocycles. The van der Waals surface area contributed by atoms with Crippen LogP contribution in [0.4, 0.5) is 0 Å². The van der Waals surface area contributed by atoms with Crippen LogP contribution >= 0.6 is 11.8 Å². The van der Waals surface area contributed by atoms with Crippen molar-refractivity contribution in [3.8, 4) is 0 Å². The highest BCUT2D eigenvalue weighted by Gasteiger charge is 2.43. The summed E-state index contributed by atoms with van der Waals surface area (Å²) in [5.74, 6) is 3.91. The van der Waals surface area contributed by atoms with E-state index in [-0.39, 0.29) is 11.6 Å². The van der Waals surface area contributed by atoms with Crippen LogP contribution in [0.2, 0.25) is 0 Å². The Kier molecular flexibility index (Phi) is 5.14. The van der Waals surface area contributed by atoms with E-state index >= 15 is 0 Å². The summed E-state index contributed by atoms with van der Waals surface area (Å²) in [7, 11) is 0. The van der Waals surface area contributed by atoms with Crippen LogP contribution in [-0.2, 0) is 4.74 Å². The van der Waals surface area contributed by atoms with E-state index < -0.39 is 0 Å². The number of thioether (sulfide) groups is 1. The van der Waals surface area contributed by atoms with E-state index in [0.29, 0.717) is 5.92 Å². The molecule has 0 aliphatic carbocycles. The zero-order valence-corrected chi connectivity index (χ0v) is 13.6. The van der Waals surface area contributed by atoms with Gasteiger partial charge in [-0.2, -0.15) is 11.8 Å². The van der Waals surface area contributed by atoms with Crippen LogP contribution in [0.1, 0.15) is 44.5 Å². The zero-order valence-electron chi connectivity index (χ0n) is 12.8. The van der Waals surface area contributed by atoms with Gasteiger partial charge in [0.1, 0.15) is 5.82 Å². The van der Waals surface area contributed by atoms with Gasteiger partial charge in [-0.1, -0.05) is 6.92 Å². The van der Waals surface area contributed by atoms with Gasteiger partial charge in [-0.25, -0.2) is 9.97 Å². The van der Waals surface area contributed by atoms with E-state index in [0.717, 1.165) is 44.0 Å². The molecule has 2 fully saturated rings. The van der Waals surface area contributed by atoms with Crippen LogP contribution < -0.4 is 5.32 Å². The van der Waals surface area contributed by atoms with Crippen LogP contribution in [0.25, 0.3) is 0 Å². The molecule has 1 aromatic heterocycles. The van der Waals surface area contributed by atoms with Crippen LogP contribution in [0.3, 0.4) is 0 Å². The maximum atomic E-state index is 6.16. The number of nitrogens with one attached hydrogen (secondary N) is 1. The van der Waals surface area contributed by atoms with E-state index in [1.54, 1.807) is 0 Å². The van der Waals surface area contributed by atoms with Gasteiger partial charge in [-0.15, -0.1) is 0 Å². The topological polar surface area (TPSA) is 47.0 Å². The molecule has 3 rings (SSSR count). The summed E-state index contributed by atoms with van der Waals surface area (Å²) in [5.41, 5.74) is 0.120. The molecule has 1 aromatic rings. The minimum Gasteiger partial charge on any atom is -0.374 e. The molecule has 1 spiro atoms. The van der Waals surface area contributed by atoms with Crippen molar-refractivity contribution < 1.29 is 4.74 Å². The predicted octanol–water partition coefficient (Wildman–Crippen LogP) is 2.82. The summed E-state index contributed by atoms with van der Waals surface area (Å²) in [4.78, 5) is 9.01. The Bertz CT molecular complexity index is 436. The van der Waals surface area contributed by atoms with Crippen molar-refractivity contribution in [2.24, 2.45) is 5.92 Å². The lowest BCUT2D eigenvalue weighted by Crippen LogP contribution is -2.44. The van der Waals surface area contributed by atoms with Crippen LogP contribution in [-0.4, -0.2) is 40.2 Å². The van der Waals surface area contributed by atoms with E-state index in [1.807, 2.05) is 30.2 Å². The molecule has 0 bridgehead atoms. The van der Waals surface area contributed by atoms with Crippen molar-refractivity contribution >= 4 is 11.8 Å². The van der Waals surface area contributed by atoms with Crippen molar-refractivity contribution in [3.05, 3.63) is 24.3 Å². The molecule has 0 radical (unpaired) electrons. The Balaban J connectivity index is 1.75. The first-order chi connectivity index (χ1) is 10.3. The molecule has 21 heavy (non-hydrogen) atoms. The number of hydrogen-bond donors (Lipinski definition) is 1. The smallest absolute Gasteiger partial charge is 0.145 e. The van der Waals surface area contributed by atoms with Crippen molar-refractivity contribution in [2.45, 2.75) is 44.2 Å². The summed E-state index contributed by atoms with van der Waals surface area (Å²) in [6.07, 6.45) is 8.27. The fourth-order valence-electron chi connectivity index (χ4n) is 3.45. The molecule has 2 aliphatic rings. The van der Waals surface area contributed by atoms with Crippen molar-refractivity contribution in [3.63, 3.8) is 0 Å². The van der Waals surface area contributed by atoms with Crippen molar-refractivity contribution in [1.82, 2.24) is 15.3 Å².